The SMILES string of the molecule is CNc1ncnc2[nH]cc(C(=O)c3cnc(NC4CCC(F)(F)CC4)c(F)c3)c12. The van der Waals surface area contributed by atoms with Crippen molar-refractivity contribution < 1.29 is 18.0 Å². The number of fused-ring (bicyclic) bond motifs is 1. The second-order valence-corrected chi connectivity index (χ2v) is 7.06. The van der Waals surface area contributed by atoms with Gasteiger partial charge in [-0.3, -0.25) is 4.79 Å². The first-order valence-electron chi connectivity index (χ1n) is 9.22. The summed E-state index contributed by atoms with van der Waals surface area (Å²) in [6.45, 7) is 0. The molecule has 0 bridgehead atoms. The van der Waals surface area contributed by atoms with Crippen molar-refractivity contribution in [3.05, 3.63) is 41.7 Å². The Hall–Kier alpha value is -3.17. The van der Waals surface area contributed by atoms with Crippen LogP contribution in [0.3, 0.4) is 0 Å². The first-order valence-corrected chi connectivity index (χ1v) is 9.22. The molecule has 4 rings (SSSR count). The van der Waals surface area contributed by atoms with Crippen LogP contribution in [0.2, 0.25) is 0 Å². The van der Waals surface area contributed by atoms with E-state index in [1.54, 1.807) is 7.05 Å². The van der Waals surface area contributed by atoms with Crippen LogP contribution in [0.4, 0.5) is 24.8 Å². The molecule has 29 heavy (non-hydrogen) atoms. The maximum absolute atomic E-state index is 14.5. The summed E-state index contributed by atoms with van der Waals surface area (Å²) in [5, 5.41) is 6.27. The van der Waals surface area contributed by atoms with E-state index >= 15 is 0 Å². The van der Waals surface area contributed by atoms with E-state index in [0.29, 0.717) is 22.4 Å². The number of alkyl halides is 2. The smallest absolute Gasteiger partial charge is 0.248 e. The molecule has 3 aromatic rings. The third kappa shape index (κ3) is 3.74. The maximum Gasteiger partial charge on any atom is 0.248 e. The number of nitrogens with zero attached hydrogens (tertiary/aromatic N) is 3. The number of ketones is 1. The average Bonchev–Trinajstić information content (AvgIpc) is 3.14. The number of aromatic nitrogens is 4. The minimum atomic E-state index is -2.66. The molecular weight excluding hydrogens is 385 g/mol. The molecule has 0 atom stereocenters. The minimum absolute atomic E-state index is 0.0464. The summed E-state index contributed by atoms with van der Waals surface area (Å²) >= 11 is 0. The Kier molecular flexibility index (Phi) is 4.85. The zero-order valence-corrected chi connectivity index (χ0v) is 15.6. The number of anilines is 2. The zero-order valence-electron chi connectivity index (χ0n) is 15.6. The lowest BCUT2D eigenvalue weighted by Gasteiger charge is -2.29. The highest BCUT2D eigenvalue weighted by molar-refractivity contribution is 6.17. The molecule has 1 saturated carbocycles. The molecular formula is C19H19F3N6O. The number of pyridine rings is 1. The Morgan fingerprint density at radius 2 is 1.97 bits per heavy atom. The van der Waals surface area contributed by atoms with Gasteiger partial charge in [0.15, 0.2) is 17.4 Å². The van der Waals surface area contributed by atoms with Crippen LogP contribution in [0.5, 0.6) is 0 Å². The lowest BCUT2D eigenvalue weighted by atomic mass is 9.92. The van der Waals surface area contributed by atoms with Gasteiger partial charge in [0.25, 0.3) is 0 Å². The monoisotopic (exact) mass is 404 g/mol. The highest BCUT2D eigenvalue weighted by Gasteiger charge is 2.35. The number of nitrogens with one attached hydrogen (secondary N) is 3. The Morgan fingerprint density at radius 1 is 1.21 bits per heavy atom. The highest BCUT2D eigenvalue weighted by atomic mass is 19.3. The van der Waals surface area contributed by atoms with Gasteiger partial charge in [-0.2, -0.15) is 0 Å². The number of carbonyl (C=O) groups is 1. The fraction of sp³-hybridized carbons (Fsp3) is 0.368. The molecule has 7 nitrogen and oxygen atoms in total. The predicted molar refractivity (Wildman–Crippen MR) is 102 cm³/mol. The number of halogens is 3. The summed E-state index contributed by atoms with van der Waals surface area (Å²) in [6.07, 6.45) is 4.12. The molecule has 0 spiro atoms. The van der Waals surface area contributed by atoms with E-state index in [4.69, 9.17) is 0 Å². The third-order valence-electron chi connectivity index (χ3n) is 5.11. The molecule has 0 aromatic carbocycles. The number of carbonyl (C=O) groups excluding carboxylic acids is 1. The van der Waals surface area contributed by atoms with Crippen LogP contribution in [0, 0.1) is 5.82 Å². The van der Waals surface area contributed by atoms with E-state index in [9.17, 15) is 18.0 Å². The zero-order chi connectivity index (χ0) is 20.6. The molecule has 0 saturated heterocycles. The normalized spacial score (nSPS) is 16.7. The summed E-state index contributed by atoms with van der Waals surface area (Å²) in [4.78, 5) is 28.0. The van der Waals surface area contributed by atoms with Crippen molar-refractivity contribution in [1.29, 1.82) is 0 Å². The molecule has 1 fully saturated rings. The van der Waals surface area contributed by atoms with Crippen molar-refractivity contribution in [2.45, 2.75) is 37.6 Å². The van der Waals surface area contributed by atoms with Crippen LogP contribution in [-0.4, -0.2) is 44.7 Å². The van der Waals surface area contributed by atoms with Crippen LogP contribution in [-0.2, 0) is 0 Å². The second-order valence-electron chi connectivity index (χ2n) is 7.06. The Bertz CT molecular complexity index is 1060. The van der Waals surface area contributed by atoms with E-state index in [0.717, 1.165) is 6.07 Å². The van der Waals surface area contributed by atoms with E-state index in [1.807, 2.05) is 0 Å². The van der Waals surface area contributed by atoms with Crippen molar-refractivity contribution in [2.24, 2.45) is 0 Å². The van der Waals surface area contributed by atoms with Gasteiger partial charge < -0.3 is 15.6 Å². The van der Waals surface area contributed by atoms with Gasteiger partial charge in [-0.1, -0.05) is 0 Å². The fourth-order valence-electron chi connectivity index (χ4n) is 3.53. The van der Waals surface area contributed by atoms with Crippen LogP contribution in [0.15, 0.2) is 24.8 Å². The quantitative estimate of drug-likeness (QED) is 0.561. The van der Waals surface area contributed by atoms with E-state index in [-0.39, 0.29) is 43.1 Å². The number of aromatic amines is 1. The van der Waals surface area contributed by atoms with Gasteiger partial charge in [0, 0.05) is 43.9 Å². The summed E-state index contributed by atoms with van der Waals surface area (Å²) in [7, 11) is 1.67. The van der Waals surface area contributed by atoms with Crippen molar-refractivity contribution in [3.63, 3.8) is 0 Å². The lowest BCUT2D eigenvalue weighted by Crippen LogP contribution is -2.32. The number of hydrogen-bond acceptors (Lipinski definition) is 6. The average molecular weight is 404 g/mol. The lowest BCUT2D eigenvalue weighted by molar-refractivity contribution is -0.0361. The molecule has 3 aromatic heterocycles. The first kappa shape index (κ1) is 19.2. The van der Waals surface area contributed by atoms with Gasteiger partial charge in [-0.25, -0.2) is 28.1 Å². The van der Waals surface area contributed by atoms with Gasteiger partial charge in [-0.15, -0.1) is 0 Å². The van der Waals surface area contributed by atoms with E-state index in [1.165, 1.54) is 18.7 Å². The molecule has 0 radical (unpaired) electrons. The van der Waals surface area contributed by atoms with Crippen LogP contribution >= 0.6 is 0 Å². The summed E-state index contributed by atoms with van der Waals surface area (Å²) in [5.41, 5.74) is 0.838. The van der Waals surface area contributed by atoms with Crippen molar-refractivity contribution in [2.75, 3.05) is 17.7 Å². The summed E-state index contributed by atoms with van der Waals surface area (Å²) in [5.74, 6) is -3.37. The minimum Gasteiger partial charge on any atom is -0.372 e. The molecule has 1 aliphatic carbocycles. The number of hydrogen-bond donors (Lipinski definition) is 3. The maximum atomic E-state index is 14.5. The molecule has 152 valence electrons. The van der Waals surface area contributed by atoms with Crippen molar-refractivity contribution >= 4 is 28.5 Å². The van der Waals surface area contributed by atoms with E-state index in [2.05, 4.69) is 30.6 Å². The molecule has 0 aliphatic heterocycles. The predicted octanol–water partition coefficient (Wildman–Crippen LogP) is 3.75. The van der Waals surface area contributed by atoms with Gasteiger partial charge in [0.2, 0.25) is 5.92 Å². The standard InChI is InChI=1S/C19H19F3N6O/c1-23-17-14-12(8-25-18(14)27-9-26-17)15(29)10-6-13(20)16(24-7-10)28-11-2-4-19(21,22)5-3-11/h6-9,11H,2-5H2,1H3,(H,24,28)(H2,23,25,26,27). The van der Waals surface area contributed by atoms with Gasteiger partial charge >= 0.3 is 0 Å². The molecule has 0 amide bonds. The van der Waals surface area contributed by atoms with Crippen molar-refractivity contribution in [3.8, 4) is 0 Å². The summed E-state index contributed by atoms with van der Waals surface area (Å²) < 4.78 is 41.1. The van der Waals surface area contributed by atoms with Crippen LogP contribution < -0.4 is 10.6 Å². The molecule has 0 unspecified atom stereocenters. The second kappa shape index (κ2) is 7.34. The molecule has 10 heteroatoms. The Labute approximate surface area is 164 Å². The Morgan fingerprint density at radius 3 is 2.66 bits per heavy atom. The first-order chi connectivity index (χ1) is 13.9. The summed E-state index contributed by atoms with van der Waals surface area (Å²) in [6, 6.07) is 0.818. The van der Waals surface area contributed by atoms with Crippen LogP contribution in [0.25, 0.3) is 11.0 Å². The topological polar surface area (TPSA) is 95.6 Å². The molecule has 3 heterocycles. The Balaban J connectivity index is 1.56. The number of H-pyrrole nitrogens is 1. The van der Waals surface area contributed by atoms with Gasteiger partial charge in [-0.05, 0) is 18.9 Å². The van der Waals surface area contributed by atoms with Gasteiger partial charge in [0.05, 0.1) is 10.9 Å². The van der Waals surface area contributed by atoms with Crippen molar-refractivity contribution in [1.82, 2.24) is 19.9 Å². The molecule has 3 N–H and O–H groups in total. The largest absolute Gasteiger partial charge is 0.372 e. The van der Waals surface area contributed by atoms with Gasteiger partial charge in [0.1, 0.15) is 17.8 Å². The fourth-order valence-corrected chi connectivity index (χ4v) is 3.53. The van der Waals surface area contributed by atoms with E-state index < -0.39 is 17.5 Å². The highest BCUT2D eigenvalue weighted by Crippen LogP contribution is 2.34. The third-order valence-corrected chi connectivity index (χ3v) is 5.11. The number of rotatable bonds is 5. The van der Waals surface area contributed by atoms with Crippen LogP contribution in [0.1, 0.15) is 41.6 Å². The molecule has 1 aliphatic rings.